The molecule has 4 heterocycles. The van der Waals surface area contributed by atoms with Crippen molar-refractivity contribution >= 4 is 11.7 Å². The molecular weight excluding hydrogens is 486 g/mol. The molecule has 12 nitrogen and oxygen atoms in total. The Balaban J connectivity index is 1.16. The number of piperidine rings is 1. The summed E-state index contributed by atoms with van der Waals surface area (Å²) in [5, 5.41) is 20.0. The first-order valence-electron chi connectivity index (χ1n) is 12.6. The lowest BCUT2D eigenvalue weighted by Gasteiger charge is -2.32. The number of hydrogen-bond donors (Lipinski definition) is 1. The second kappa shape index (κ2) is 11.6. The third-order valence-electron chi connectivity index (χ3n) is 6.36. The third kappa shape index (κ3) is 5.85. The number of anilines is 1. The first-order valence-corrected chi connectivity index (χ1v) is 12.6. The van der Waals surface area contributed by atoms with Crippen molar-refractivity contribution in [3.05, 3.63) is 71.5 Å². The van der Waals surface area contributed by atoms with Gasteiger partial charge in [-0.1, -0.05) is 0 Å². The molecule has 1 saturated heterocycles. The van der Waals surface area contributed by atoms with Crippen molar-refractivity contribution < 1.29 is 9.53 Å². The molecule has 0 saturated carbocycles. The largest absolute Gasteiger partial charge is 0.494 e. The predicted octanol–water partition coefficient (Wildman–Crippen LogP) is 1.71. The number of carbonyl (C=O) groups excluding carboxylic acids is 1. The summed E-state index contributed by atoms with van der Waals surface area (Å²) < 4.78 is 8.40. The summed E-state index contributed by atoms with van der Waals surface area (Å²) in [6.07, 6.45) is 4.66. The predicted molar refractivity (Wildman–Crippen MR) is 140 cm³/mol. The standard InChI is InChI=1S/C26H29N9O3/c1-2-38-21-7-5-19(6-8-21)22-9-12-25(36)34(32-22)15-13-28-26(37)20-4-3-14-33(16-20)23-10-11-24(31-30-23)35-18-27-17-29-35/h5-12,17-18,20H,2-4,13-16H2,1H3,(H,28,37). The summed E-state index contributed by atoms with van der Waals surface area (Å²) in [5.74, 6) is 1.85. The van der Waals surface area contributed by atoms with Crippen LogP contribution in [0.1, 0.15) is 19.8 Å². The highest BCUT2D eigenvalue weighted by Crippen LogP contribution is 2.22. The van der Waals surface area contributed by atoms with Crippen LogP contribution in [0.2, 0.25) is 0 Å². The second-order valence-corrected chi connectivity index (χ2v) is 8.90. The van der Waals surface area contributed by atoms with Gasteiger partial charge in [0.25, 0.3) is 5.56 Å². The van der Waals surface area contributed by atoms with Gasteiger partial charge in [0, 0.05) is 31.3 Å². The maximum atomic E-state index is 12.9. The van der Waals surface area contributed by atoms with Crippen molar-refractivity contribution in [3.8, 4) is 22.8 Å². The quantitative estimate of drug-likeness (QED) is 0.354. The number of carbonyl (C=O) groups is 1. The summed E-state index contributed by atoms with van der Waals surface area (Å²) in [7, 11) is 0. The molecule has 5 rings (SSSR count). The van der Waals surface area contributed by atoms with Crippen molar-refractivity contribution in [2.24, 2.45) is 5.92 Å². The molecule has 1 unspecified atom stereocenters. The van der Waals surface area contributed by atoms with Crippen LogP contribution in [-0.4, -0.2) is 66.9 Å². The fourth-order valence-electron chi connectivity index (χ4n) is 4.42. The van der Waals surface area contributed by atoms with Crippen LogP contribution in [-0.2, 0) is 11.3 Å². The molecule has 0 spiro atoms. The Labute approximate surface area is 219 Å². The molecule has 0 bridgehead atoms. The maximum Gasteiger partial charge on any atom is 0.266 e. The van der Waals surface area contributed by atoms with Crippen LogP contribution in [0.4, 0.5) is 5.82 Å². The van der Waals surface area contributed by atoms with E-state index in [1.54, 1.807) is 12.4 Å². The average Bonchev–Trinajstić information content (AvgIpc) is 3.50. The van der Waals surface area contributed by atoms with Crippen LogP contribution in [0.3, 0.4) is 0 Å². The number of nitrogens with one attached hydrogen (secondary N) is 1. The number of aromatic nitrogens is 7. The molecule has 1 fully saturated rings. The van der Waals surface area contributed by atoms with Crippen molar-refractivity contribution in [2.45, 2.75) is 26.3 Å². The Morgan fingerprint density at radius 1 is 1.08 bits per heavy atom. The van der Waals surface area contributed by atoms with E-state index in [1.165, 1.54) is 21.8 Å². The Morgan fingerprint density at radius 3 is 2.63 bits per heavy atom. The Hall–Kier alpha value is -4.61. The van der Waals surface area contributed by atoms with Crippen molar-refractivity contribution in [1.29, 1.82) is 0 Å². The van der Waals surface area contributed by atoms with E-state index in [4.69, 9.17) is 4.74 Å². The van der Waals surface area contributed by atoms with E-state index in [2.05, 4.69) is 35.6 Å². The number of amides is 1. The van der Waals surface area contributed by atoms with E-state index in [-0.39, 0.29) is 23.9 Å². The molecule has 0 radical (unpaired) electrons. The number of ether oxygens (including phenoxy) is 1. The molecule has 3 aromatic heterocycles. The fourth-order valence-corrected chi connectivity index (χ4v) is 4.42. The van der Waals surface area contributed by atoms with Gasteiger partial charge in [0.2, 0.25) is 5.91 Å². The Bertz CT molecular complexity index is 1400. The minimum Gasteiger partial charge on any atom is -0.494 e. The summed E-state index contributed by atoms with van der Waals surface area (Å²) in [4.78, 5) is 31.3. The lowest BCUT2D eigenvalue weighted by Crippen LogP contribution is -2.44. The smallest absolute Gasteiger partial charge is 0.266 e. The Morgan fingerprint density at radius 2 is 1.89 bits per heavy atom. The minimum atomic E-state index is -0.217. The van der Waals surface area contributed by atoms with Gasteiger partial charge in [-0.25, -0.2) is 14.3 Å². The van der Waals surface area contributed by atoms with Crippen LogP contribution in [0.15, 0.2) is 66.0 Å². The monoisotopic (exact) mass is 515 g/mol. The van der Waals surface area contributed by atoms with E-state index < -0.39 is 0 Å². The SMILES string of the molecule is CCOc1ccc(-c2ccc(=O)n(CCNC(=O)C3CCCN(c4ccc(-n5cncn5)nn4)C3)n2)cc1. The molecule has 0 aliphatic carbocycles. The third-order valence-corrected chi connectivity index (χ3v) is 6.36. The van der Waals surface area contributed by atoms with Crippen LogP contribution in [0.25, 0.3) is 17.1 Å². The first-order chi connectivity index (χ1) is 18.6. The maximum absolute atomic E-state index is 12.9. The molecule has 1 aromatic carbocycles. The van der Waals surface area contributed by atoms with E-state index in [9.17, 15) is 9.59 Å². The van der Waals surface area contributed by atoms with Gasteiger partial charge < -0.3 is 15.0 Å². The number of hydrogen-bond acceptors (Lipinski definition) is 9. The zero-order valence-electron chi connectivity index (χ0n) is 21.1. The van der Waals surface area contributed by atoms with Gasteiger partial charge in [-0.15, -0.1) is 10.2 Å². The number of benzene rings is 1. The Kier molecular flexibility index (Phi) is 7.67. The normalized spacial score (nSPS) is 15.3. The molecule has 4 aromatic rings. The van der Waals surface area contributed by atoms with Crippen LogP contribution in [0, 0.1) is 5.92 Å². The van der Waals surface area contributed by atoms with Gasteiger partial charge in [0.05, 0.1) is 24.8 Å². The summed E-state index contributed by atoms with van der Waals surface area (Å²) in [6, 6.07) is 14.5. The first kappa shape index (κ1) is 25.1. The number of nitrogens with zero attached hydrogens (tertiary/aromatic N) is 8. The lowest BCUT2D eigenvalue weighted by molar-refractivity contribution is -0.125. The van der Waals surface area contributed by atoms with E-state index >= 15 is 0 Å². The van der Waals surface area contributed by atoms with Crippen LogP contribution < -0.4 is 20.5 Å². The molecule has 1 aliphatic heterocycles. The number of rotatable bonds is 9. The van der Waals surface area contributed by atoms with E-state index in [0.717, 1.165) is 30.7 Å². The highest BCUT2D eigenvalue weighted by atomic mass is 16.5. The molecule has 12 heteroatoms. The van der Waals surface area contributed by atoms with Crippen LogP contribution in [0.5, 0.6) is 5.75 Å². The highest BCUT2D eigenvalue weighted by molar-refractivity contribution is 5.79. The highest BCUT2D eigenvalue weighted by Gasteiger charge is 2.26. The summed E-state index contributed by atoms with van der Waals surface area (Å²) in [5.41, 5.74) is 1.34. The summed E-state index contributed by atoms with van der Waals surface area (Å²) in [6.45, 7) is 4.47. The van der Waals surface area contributed by atoms with Crippen molar-refractivity contribution in [3.63, 3.8) is 0 Å². The summed E-state index contributed by atoms with van der Waals surface area (Å²) >= 11 is 0. The van der Waals surface area contributed by atoms with Gasteiger partial charge in [-0.2, -0.15) is 10.2 Å². The van der Waals surface area contributed by atoms with Gasteiger partial charge >= 0.3 is 0 Å². The molecule has 196 valence electrons. The molecule has 38 heavy (non-hydrogen) atoms. The molecule has 1 aliphatic rings. The van der Waals surface area contributed by atoms with Crippen molar-refractivity contribution in [2.75, 3.05) is 31.1 Å². The van der Waals surface area contributed by atoms with Gasteiger partial charge in [-0.3, -0.25) is 9.59 Å². The minimum absolute atomic E-state index is 0.0439. The van der Waals surface area contributed by atoms with Crippen LogP contribution >= 0.6 is 0 Å². The second-order valence-electron chi connectivity index (χ2n) is 8.90. The zero-order chi connectivity index (χ0) is 26.3. The topological polar surface area (TPSA) is 133 Å². The zero-order valence-corrected chi connectivity index (χ0v) is 21.1. The fraction of sp³-hybridized carbons (Fsp3) is 0.346. The lowest BCUT2D eigenvalue weighted by atomic mass is 9.97. The van der Waals surface area contributed by atoms with Crippen molar-refractivity contribution in [1.82, 2.24) is 40.1 Å². The molecule has 1 N–H and O–H groups in total. The molecule has 1 atom stereocenters. The van der Waals surface area contributed by atoms with Gasteiger partial charge in [-0.05, 0) is 62.2 Å². The van der Waals surface area contributed by atoms with Gasteiger partial charge in [0.1, 0.15) is 18.4 Å². The van der Waals surface area contributed by atoms with E-state index in [0.29, 0.717) is 37.0 Å². The average molecular weight is 516 g/mol. The van der Waals surface area contributed by atoms with E-state index in [1.807, 2.05) is 43.3 Å². The molecular formula is C26H29N9O3. The molecule has 1 amide bonds. The van der Waals surface area contributed by atoms with Gasteiger partial charge in [0.15, 0.2) is 11.6 Å².